The van der Waals surface area contributed by atoms with Crippen molar-refractivity contribution in [3.05, 3.63) is 65.7 Å². The third-order valence-corrected chi connectivity index (χ3v) is 5.67. The molecule has 2 aliphatic rings. The van der Waals surface area contributed by atoms with Crippen molar-refractivity contribution < 1.29 is 4.74 Å². The highest BCUT2D eigenvalue weighted by atomic mass is 16.5. The Morgan fingerprint density at radius 3 is 2.52 bits per heavy atom. The normalized spacial score (nSPS) is 19.6. The Hall–Kier alpha value is -2.35. The maximum atomic E-state index is 5.26. The van der Waals surface area contributed by atoms with Crippen LogP contribution in [0.3, 0.4) is 0 Å². The summed E-state index contributed by atoms with van der Waals surface area (Å²) >= 11 is 0. The summed E-state index contributed by atoms with van der Waals surface area (Å²) in [5, 5.41) is 0. The maximum Gasteiger partial charge on any atom is 0.118 e. The summed E-state index contributed by atoms with van der Waals surface area (Å²) in [7, 11) is 1.70. The van der Waals surface area contributed by atoms with Crippen molar-refractivity contribution in [1.82, 2.24) is 0 Å². The molecule has 1 aliphatic heterocycles. The van der Waals surface area contributed by atoms with Crippen LogP contribution in [0.5, 0.6) is 5.75 Å². The second kappa shape index (κ2) is 6.87. The van der Waals surface area contributed by atoms with E-state index < -0.39 is 0 Å². The Bertz CT molecular complexity index is 797. The number of rotatable bonds is 4. The van der Waals surface area contributed by atoms with Crippen molar-refractivity contribution in [1.29, 1.82) is 0 Å². The first-order chi connectivity index (χ1) is 12.3. The second-order valence-electron chi connectivity index (χ2n) is 7.16. The molecule has 0 N–H and O–H groups in total. The van der Waals surface area contributed by atoms with E-state index in [4.69, 9.17) is 9.73 Å². The van der Waals surface area contributed by atoms with E-state index in [1.54, 1.807) is 7.11 Å². The molecule has 2 heteroatoms. The molecule has 2 aromatic rings. The number of aliphatic imine (C=N–C) groups is 1. The van der Waals surface area contributed by atoms with Gasteiger partial charge in [-0.3, -0.25) is 4.99 Å². The molecule has 0 saturated heterocycles. The molecule has 1 saturated carbocycles. The minimum absolute atomic E-state index is 0.234. The highest BCUT2D eigenvalue weighted by Gasteiger charge is 2.23. The number of hydrogen-bond acceptors (Lipinski definition) is 2. The Morgan fingerprint density at radius 1 is 1.04 bits per heavy atom. The Morgan fingerprint density at radius 2 is 1.80 bits per heavy atom. The zero-order valence-corrected chi connectivity index (χ0v) is 14.9. The van der Waals surface area contributed by atoms with Gasteiger partial charge in [-0.2, -0.15) is 0 Å². The van der Waals surface area contributed by atoms with E-state index in [1.807, 2.05) is 12.1 Å². The predicted octanol–water partition coefficient (Wildman–Crippen LogP) is 6.14. The fourth-order valence-electron chi connectivity index (χ4n) is 4.12. The molecule has 0 spiro atoms. The number of ether oxygens (including phenoxy) is 1. The maximum absolute atomic E-state index is 5.26. The number of fused-ring (bicyclic) bond motifs is 1. The van der Waals surface area contributed by atoms with Crippen LogP contribution >= 0.6 is 0 Å². The fraction of sp³-hybridized carbons (Fsp3) is 0.348. The lowest BCUT2D eigenvalue weighted by Crippen LogP contribution is -2.08. The minimum atomic E-state index is 0.234. The number of hydrogen-bond donors (Lipinski definition) is 0. The van der Waals surface area contributed by atoms with E-state index in [0.29, 0.717) is 5.92 Å². The van der Waals surface area contributed by atoms with Crippen molar-refractivity contribution in [3.8, 4) is 5.75 Å². The van der Waals surface area contributed by atoms with Crippen LogP contribution in [0, 0.1) is 5.92 Å². The zero-order valence-electron chi connectivity index (χ0n) is 14.9. The van der Waals surface area contributed by atoms with Gasteiger partial charge in [-0.05, 0) is 59.2 Å². The third-order valence-electron chi connectivity index (χ3n) is 5.67. The van der Waals surface area contributed by atoms with E-state index >= 15 is 0 Å². The molecular weight excluding hydrogens is 306 g/mol. The van der Waals surface area contributed by atoms with Crippen LogP contribution < -0.4 is 4.74 Å². The Kier molecular flexibility index (Phi) is 4.44. The molecule has 25 heavy (non-hydrogen) atoms. The second-order valence-corrected chi connectivity index (χ2v) is 7.16. The van der Waals surface area contributed by atoms with E-state index in [9.17, 15) is 0 Å². The van der Waals surface area contributed by atoms with Gasteiger partial charge in [0, 0.05) is 12.1 Å². The first-order valence-electron chi connectivity index (χ1n) is 9.27. The van der Waals surface area contributed by atoms with Gasteiger partial charge in [-0.15, -0.1) is 0 Å². The van der Waals surface area contributed by atoms with Crippen molar-refractivity contribution in [3.63, 3.8) is 0 Å². The summed E-state index contributed by atoms with van der Waals surface area (Å²) in [5.74, 6) is 1.77. The lowest BCUT2D eigenvalue weighted by atomic mass is 9.81. The van der Waals surface area contributed by atoms with Crippen molar-refractivity contribution >= 4 is 17.5 Å². The number of allylic oxidation sites excluding steroid dienone is 1. The van der Waals surface area contributed by atoms with Gasteiger partial charge in [0.2, 0.25) is 0 Å². The quantitative estimate of drug-likeness (QED) is 0.659. The van der Waals surface area contributed by atoms with Crippen LogP contribution in [-0.4, -0.2) is 13.3 Å². The summed E-state index contributed by atoms with van der Waals surface area (Å²) in [5.41, 5.74) is 6.19. The molecule has 1 unspecified atom stereocenters. The van der Waals surface area contributed by atoms with E-state index in [0.717, 1.165) is 11.4 Å². The number of nitrogens with zero attached hydrogens (tertiary/aromatic N) is 1. The molecule has 0 radical (unpaired) electrons. The lowest BCUT2D eigenvalue weighted by Gasteiger charge is -2.24. The average Bonchev–Trinajstić information content (AvgIpc) is 3.11. The molecule has 1 aliphatic carbocycles. The average molecular weight is 331 g/mol. The Labute approximate surface area is 150 Å². The van der Waals surface area contributed by atoms with Crippen molar-refractivity contribution in [2.24, 2.45) is 10.9 Å². The van der Waals surface area contributed by atoms with Gasteiger partial charge in [0.25, 0.3) is 0 Å². The molecule has 1 atom stereocenters. The van der Waals surface area contributed by atoms with E-state index in [2.05, 4.69) is 43.1 Å². The SMILES string of the molecule is C=C(c1ccc2c(c1)N=CC2c1ccc(OC)cc1)C1CCCCC1. The molecule has 4 rings (SSSR count). The van der Waals surface area contributed by atoms with Crippen LogP contribution in [0.1, 0.15) is 54.7 Å². The molecular formula is C23H25NO. The van der Waals surface area contributed by atoms with Crippen LogP contribution in [0.2, 0.25) is 0 Å². The Balaban J connectivity index is 1.57. The number of benzene rings is 2. The largest absolute Gasteiger partial charge is 0.497 e. The van der Waals surface area contributed by atoms with Crippen molar-refractivity contribution in [2.45, 2.75) is 38.0 Å². The van der Waals surface area contributed by atoms with Gasteiger partial charge >= 0.3 is 0 Å². The van der Waals surface area contributed by atoms with Crippen LogP contribution in [0.4, 0.5) is 5.69 Å². The fourth-order valence-corrected chi connectivity index (χ4v) is 4.12. The van der Waals surface area contributed by atoms with Gasteiger partial charge in [0.15, 0.2) is 0 Å². The molecule has 2 nitrogen and oxygen atoms in total. The topological polar surface area (TPSA) is 21.6 Å². The molecule has 2 aromatic carbocycles. The summed E-state index contributed by atoms with van der Waals surface area (Å²) in [6.07, 6.45) is 8.68. The van der Waals surface area contributed by atoms with Gasteiger partial charge in [-0.1, -0.05) is 50.1 Å². The molecule has 128 valence electrons. The minimum Gasteiger partial charge on any atom is -0.497 e. The molecule has 0 bridgehead atoms. The molecule has 1 fully saturated rings. The number of methoxy groups -OCH3 is 1. The first kappa shape index (κ1) is 16.1. The third kappa shape index (κ3) is 3.13. The van der Waals surface area contributed by atoms with Crippen LogP contribution in [-0.2, 0) is 0 Å². The monoisotopic (exact) mass is 331 g/mol. The van der Waals surface area contributed by atoms with Gasteiger partial charge in [-0.25, -0.2) is 0 Å². The van der Waals surface area contributed by atoms with Crippen LogP contribution in [0.15, 0.2) is 54.0 Å². The zero-order chi connectivity index (χ0) is 17.2. The molecule has 0 amide bonds. The standard InChI is InChI=1S/C23H25NO/c1-16(17-6-4-3-5-7-17)19-10-13-21-22(15-24-23(21)14-19)18-8-11-20(25-2)12-9-18/h8-15,17,22H,1,3-7H2,2H3. The summed E-state index contributed by atoms with van der Waals surface area (Å²) in [6.45, 7) is 4.40. The van der Waals surface area contributed by atoms with Crippen LogP contribution in [0.25, 0.3) is 5.57 Å². The van der Waals surface area contributed by atoms with E-state index in [1.165, 1.54) is 54.4 Å². The molecule has 0 aromatic heterocycles. The van der Waals surface area contributed by atoms with Gasteiger partial charge in [0.05, 0.1) is 12.8 Å². The predicted molar refractivity (Wildman–Crippen MR) is 105 cm³/mol. The molecule has 1 heterocycles. The lowest BCUT2D eigenvalue weighted by molar-refractivity contribution is 0.414. The smallest absolute Gasteiger partial charge is 0.118 e. The highest BCUT2D eigenvalue weighted by molar-refractivity contribution is 5.85. The van der Waals surface area contributed by atoms with Gasteiger partial charge in [0.1, 0.15) is 5.75 Å². The summed E-state index contributed by atoms with van der Waals surface area (Å²) < 4.78 is 5.26. The van der Waals surface area contributed by atoms with Gasteiger partial charge < -0.3 is 4.74 Å². The summed E-state index contributed by atoms with van der Waals surface area (Å²) in [4.78, 5) is 4.69. The van der Waals surface area contributed by atoms with E-state index in [-0.39, 0.29) is 5.92 Å². The first-order valence-corrected chi connectivity index (χ1v) is 9.27. The van der Waals surface area contributed by atoms with Crippen molar-refractivity contribution in [2.75, 3.05) is 7.11 Å². The highest BCUT2D eigenvalue weighted by Crippen LogP contribution is 2.40. The summed E-state index contributed by atoms with van der Waals surface area (Å²) in [6, 6.07) is 15.0.